The molecule has 1 aliphatic carbocycles. The Labute approximate surface area is 110 Å². The highest BCUT2D eigenvalue weighted by molar-refractivity contribution is 7.85. The van der Waals surface area contributed by atoms with Crippen LogP contribution in [0.2, 0.25) is 0 Å². The standard InChI is InChI=1S/C10H15NO7S/c1-17-7(12)10-3-9(4-10,5-11(10)8(13)14)6-18-19(2,15)16/h3-6H2,1-2H3,(H,13,14). The number of carbonyl (C=O) groups is 2. The third kappa shape index (κ3) is 2.16. The van der Waals surface area contributed by atoms with Crippen LogP contribution in [-0.4, -0.2) is 62.5 Å². The smallest absolute Gasteiger partial charge is 0.408 e. The summed E-state index contributed by atoms with van der Waals surface area (Å²) < 4.78 is 31.4. The Kier molecular flexibility index (Phi) is 3.01. The van der Waals surface area contributed by atoms with E-state index in [9.17, 15) is 18.0 Å². The van der Waals surface area contributed by atoms with Gasteiger partial charge >= 0.3 is 12.1 Å². The quantitative estimate of drug-likeness (QED) is 0.557. The number of esters is 1. The summed E-state index contributed by atoms with van der Waals surface area (Å²) in [7, 11) is -2.39. The Bertz CT molecular complexity index is 520. The number of carboxylic acid groups (broad SMARTS) is 1. The van der Waals surface area contributed by atoms with E-state index >= 15 is 0 Å². The summed E-state index contributed by atoms with van der Waals surface area (Å²) in [6, 6.07) is 0. The molecule has 0 radical (unpaired) electrons. The maximum atomic E-state index is 11.7. The lowest BCUT2D eigenvalue weighted by Crippen LogP contribution is -2.57. The predicted octanol–water partition coefficient (Wildman–Crippen LogP) is -0.352. The molecule has 3 rings (SSSR count). The van der Waals surface area contributed by atoms with E-state index in [1.165, 1.54) is 7.11 Å². The van der Waals surface area contributed by atoms with Crippen LogP contribution in [-0.2, 0) is 23.8 Å². The summed E-state index contributed by atoms with van der Waals surface area (Å²) in [5.74, 6) is -0.609. The van der Waals surface area contributed by atoms with Crippen LogP contribution >= 0.6 is 0 Å². The number of hydrogen-bond acceptors (Lipinski definition) is 6. The molecule has 0 aromatic heterocycles. The van der Waals surface area contributed by atoms with Crippen molar-refractivity contribution in [2.45, 2.75) is 18.4 Å². The summed E-state index contributed by atoms with van der Waals surface area (Å²) in [6.45, 7) is -0.0404. The largest absolute Gasteiger partial charge is 0.467 e. The highest BCUT2D eigenvalue weighted by Gasteiger charge is 2.71. The van der Waals surface area contributed by atoms with Gasteiger partial charge in [-0.05, 0) is 12.8 Å². The van der Waals surface area contributed by atoms with Crippen LogP contribution < -0.4 is 0 Å². The normalized spacial score (nSPS) is 32.8. The Morgan fingerprint density at radius 2 is 1.95 bits per heavy atom. The van der Waals surface area contributed by atoms with Crippen LogP contribution in [0.15, 0.2) is 0 Å². The van der Waals surface area contributed by atoms with Crippen molar-refractivity contribution in [2.75, 3.05) is 26.5 Å². The molecule has 2 saturated heterocycles. The van der Waals surface area contributed by atoms with E-state index in [2.05, 4.69) is 4.74 Å². The Hall–Kier alpha value is -1.35. The van der Waals surface area contributed by atoms with Gasteiger partial charge in [0, 0.05) is 12.0 Å². The summed E-state index contributed by atoms with van der Waals surface area (Å²) in [5, 5.41) is 9.12. The van der Waals surface area contributed by atoms with Crippen molar-refractivity contribution in [1.29, 1.82) is 0 Å². The summed E-state index contributed by atoms with van der Waals surface area (Å²) in [4.78, 5) is 23.9. The fourth-order valence-corrected chi connectivity index (χ4v) is 3.52. The van der Waals surface area contributed by atoms with E-state index < -0.39 is 33.1 Å². The van der Waals surface area contributed by atoms with Gasteiger partial charge in [-0.3, -0.25) is 9.08 Å². The number of carbonyl (C=O) groups excluding carboxylic acids is 1. The monoisotopic (exact) mass is 293 g/mol. The van der Waals surface area contributed by atoms with Crippen molar-refractivity contribution in [1.82, 2.24) is 4.90 Å². The molecule has 1 N–H and O–H groups in total. The minimum Gasteiger partial charge on any atom is -0.467 e. The topological polar surface area (TPSA) is 110 Å². The SMILES string of the molecule is COC(=O)C12CC(COS(C)(=O)=O)(CN1C(=O)O)C2. The molecule has 9 heteroatoms. The van der Waals surface area contributed by atoms with Gasteiger partial charge in [-0.15, -0.1) is 0 Å². The number of hydrogen-bond donors (Lipinski definition) is 1. The van der Waals surface area contributed by atoms with Crippen LogP contribution in [0.3, 0.4) is 0 Å². The van der Waals surface area contributed by atoms with Crippen molar-refractivity contribution in [2.24, 2.45) is 5.41 Å². The van der Waals surface area contributed by atoms with E-state index in [0.717, 1.165) is 11.2 Å². The summed E-state index contributed by atoms with van der Waals surface area (Å²) in [6.07, 6.45) is 0.173. The first-order valence-corrected chi connectivity index (χ1v) is 7.39. The molecule has 1 saturated carbocycles. The molecular weight excluding hydrogens is 278 g/mol. The molecule has 108 valence electrons. The zero-order valence-corrected chi connectivity index (χ0v) is 11.4. The minimum atomic E-state index is -3.59. The molecule has 8 nitrogen and oxygen atoms in total. The average molecular weight is 293 g/mol. The van der Waals surface area contributed by atoms with Crippen LogP contribution in [0.4, 0.5) is 4.79 Å². The number of amides is 1. The Morgan fingerprint density at radius 3 is 2.37 bits per heavy atom. The van der Waals surface area contributed by atoms with E-state index in [4.69, 9.17) is 9.29 Å². The molecule has 3 aliphatic rings. The molecule has 2 aliphatic heterocycles. The molecule has 0 spiro atoms. The first kappa shape index (κ1) is 14.1. The fourth-order valence-electron chi connectivity index (χ4n) is 3.05. The molecule has 0 aromatic rings. The third-order valence-corrected chi connectivity index (χ3v) is 4.27. The van der Waals surface area contributed by atoms with E-state index in [0.29, 0.717) is 0 Å². The van der Waals surface area contributed by atoms with E-state index in [1.54, 1.807) is 0 Å². The molecular formula is C10H15NO7S. The van der Waals surface area contributed by atoms with Crippen molar-refractivity contribution >= 4 is 22.2 Å². The van der Waals surface area contributed by atoms with Crippen LogP contribution in [0, 0.1) is 5.41 Å². The zero-order valence-electron chi connectivity index (χ0n) is 10.6. The van der Waals surface area contributed by atoms with Crippen molar-refractivity contribution < 1.29 is 32.0 Å². The molecule has 2 heterocycles. The second-order valence-electron chi connectivity index (χ2n) is 5.21. The van der Waals surface area contributed by atoms with Crippen LogP contribution in [0.1, 0.15) is 12.8 Å². The van der Waals surface area contributed by atoms with Gasteiger partial charge in [-0.1, -0.05) is 0 Å². The van der Waals surface area contributed by atoms with Gasteiger partial charge in [-0.2, -0.15) is 8.42 Å². The summed E-state index contributed by atoms with van der Waals surface area (Å²) >= 11 is 0. The van der Waals surface area contributed by atoms with E-state index in [1.807, 2.05) is 0 Å². The third-order valence-electron chi connectivity index (χ3n) is 3.72. The van der Waals surface area contributed by atoms with Crippen molar-refractivity contribution in [3.05, 3.63) is 0 Å². The lowest BCUT2D eigenvalue weighted by Gasteiger charge is -2.44. The fraction of sp³-hybridized carbons (Fsp3) is 0.800. The van der Waals surface area contributed by atoms with Crippen molar-refractivity contribution in [3.63, 3.8) is 0 Å². The molecule has 19 heavy (non-hydrogen) atoms. The maximum absolute atomic E-state index is 11.7. The number of methoxy groups -OCH3 is 1. The zero-order chi connectivity index (χ0) is 14.5. The number of rotatable bonds is 4. The van der Waals surface area contributed by atoms with E-state index in [-0.39, 0.29) is 26.0 Å². The highest BCUT2D eigenvalue weighted by Crippen LogP contribution is 2.60. The van der Waals surface area contributed by atoms with Gasteiger partial charge in [0.25, 0.3) is 10.1 Å². The van der Waals surface area contributed by atoms with Gasteiger partial charge in [0.1, 0.15) is 5.54 Å². The second kappa shape index (κ2) is 4.07. The second-order valence-corrected chi connectivity index (χ2v) is 6.86. The molecule has 0 aromatic carbocycles. The van der Waals surface area contributed by atoms with Gasteiger partial charge in [0.2, 0.25) is 0 Å². The first-order valence-electron chi connectivity index (χ1n) is 5.58. The van der Waals surface area contributed by atoms with Gasteiger partial charge in [0.15, 0.2) is 0 Å². The predicted molar refractivity (Wildman–Crippen MR) is 61.9 cm³/mol. The molecule has 2 bridgehead atoms. The number of nitrogens with zero attached hydrogens (tertiary/aromatic N) is 1. The molecule has 0 atom stereocenters. The Morgan fingerprint density at radius 1 is 1.37 bits per heavy atom. The van der Waals surface area contributed by atoms with Gasteiger partial charge in [0.05, 0.1) is 20.0 Å². The minimum absolute atomic E-state index is 0.0763. The molecule has 3 fully saturated rings. The highest BCUT2D eigenvalue weighted by atomic mass is 32.2. The molecule has 1 amide bonds. The van der Waals surface area contributed by atoms with Crippen LogP contribution in [0.5, 0.6) is 0 Å². The number of ether oxygens (including phenoxy) is 1. The lowest BCUT2D eigenvalue weighted by molar-refractivity contribution is -0.158. The first-order chi connectivity index (χ1) is 8.64. The lowest BCUT2D eigenvalue weighted by atomic mass is 9.62. The Balaban J connectivity index is 2.16. The number of fused-ring (bicyclic) bond motifs is 1. The average Bonchev–Trinajstić information content (AvgIpc) is 2.75. The van der Waals surface area contributed by atoms with Crippen LogP contribution in [0.25, 0.3) is 0 Å². The van der Waals surface area contributed by atoms with Gasteiger partial charge in [-0.25, -0.2) is 9.59 Å². The van der Waals surface area contributed by atoms with Gasteiger partial charge < -0.3 is 9.84 Å². The van der Waals surface area contributed by atoms with Crippen molar-refractivity contribution in [3.8, 4) is 0 Å². The molecule has 0 unspecified atom stereocenters. The maximum Gasteiger partial charge on any atom is 0.408 e. The summed E-state index contributed by atoms with van der Waals surface area (Å²) in [5.41, 5.74) is -1.79.